The normalized spacial score (nSPS) is 21.6. The molecule has 1 spiro atoms. The SMILES string of the molecule is COc1cc([N+](=O)[O-])cc2c1OC1(C=C2)N(C)c2cccc(F)c2C1(C)C. The lowest BCUT2D eigenvalue weighted by molar-refractivity contribution is -0.385. The number of methoxy groups -OCH3 is 1. The molecule has 27 heavy (non-hydrogen) atoms. The molecule has 2 heterocycles. The Labute approximate surface area is 156 Å². The van der Waals surface area contributed by atoms with Gasteiger partial charge in [0.2, 0.25) is 5.72 Å². The van der Waals surface area contributed by atoms with Gasteiger partial charge < -0.3 is 14.4 Å². The molecule has 4 rings (SSSR count). The number of nitro groups is 1. The van der Waals surface area contributed by atoms with Crippen LogP contribution in [0, 0.1) is 15.9 Å². The standard InChI is InChI=1S/C20H19FN2O4/c1-19(2)17-14(21)6-5-7-15(17)22(3)20(19)9-8-12-10-13(23(24)25)11-16(26-4)18(12)27-20/h5-11H,1-4H3. The summed E-state index contributed by atoms with van der Waals surface area (Å²) < 4.78 is 26.5. The van der Waals surface area contributed by atoms with E-state index in [1.807, 2.05) is 37.9 Å². The molecular weight excluding hydrogens is 351 g/mol. The van der Waals surface area contributed by atoms with Gasteiger partial charge in [-0.05, 0) is 38.1 Å². The lowest BCUT2D eigenvalue weighted by atomic mass is 9.76. The first-order chi connectivity index (χ1) is 12.7. The van der Waals surface area contributed by atoms with Gasteiger partial charge in [-0.25, -0.2) is 4.39 Å². The average molecular weight is 370 g/mol. The molecule has 0 bridgehead atoms. The van der Waals surface area contributed by atoms with E-state index in [0.717, 1.165) is 5.69 Å². The van der Waals surface area contributed by atoms with Gasteiger partial charge in [-0.15, -0.1) is 0 Å². The highest BCUT2D eigenvalue weighted by molar-refractivity contribution is 5.75. The molecule has 140 valence electrons. The topological polar surface area (TPSA) is 64.8 Å². The van der Waals surface area contributed by atoms with Crippen molar-refractivity contribution in [1.29, 1.82) is 0 Å². The van der Waals surface area contributed by atoms with E-state index in [-0.39, 0.29) is 17.3 Å². The maximum absolute atomic E-state index is 14.7. The van der Waals surface area contributed by atoms with E-state index in [4.69, 9.17) is 9.47 Å². The minimum absolute atomic E-state index is 0.0804. The molecule has 0 saturated heterocycles. The van der Waals surface area contributed by atoms with E-state index in [1.54, 1.807) is 12.1 Å². The Kier molecular flexibility index (Phi) is 3.50. The fourth-order valence-corrected chi connectivity index (χ4v) is 4.20. The van der Waals surface area contributed by atoms with E-state index in [0.29, 0.717) is 16.9 Å². The molecule has 0 saturated carbocycles. The van der Waals surface area contributed by atoms with Crippen molar-refractivity contribution in [2.75, 3.05) is 19.1 Å². The zero-order chi connectivity index (χ0) is 19.6. The molecule has 0 aromatic heterocycles. The molecule has 0 amide bonds. The highest BCUT2D eigenvalue weighted by Crippen LogP contribution is 2.56. The molecule has 2 aromatic carbocycles. The largest absolute Gasteiger partial charge is 0.493 e. The lowest BCUT2D eigenvalue weighted by Gasteiger charge is -2.45. The van der Waals surface area contributed by atoms with Crippen LogP contribution in [0.25, 0.3) is 6.08 Å². The molecule has 6 nitrogen and oxygen atoms in total. The summed E-state index contributed by atoms with van der Waals surface area (Å²) in [5.74, 6) is 0.377. The number of halogens is 1. The number of nitro benzene ring substituents is 1. The van der Waals surface area contributed by atoms with Gasteiger partial charge in [-0.2, -0.15) is 0 Å². The molecule has 0 fully saturated rings. The van der Waals surface area contributed by atoms with Crippen LogP contribution in [0.4, 0.5) is 15.8 Å². The van der Waals surface area contributed by atoms with Crippen LogP contribution in [0.1, 0.15) is 25.0 Å². The Morgan fingerprint density at radius 1 is 1.30 bits per heavy atom. The Morgan fingerprint density at radius 3 is 2.67 bits per heavy atom. The van der Waals surface area contributed by atoms with Gasteiger partial charge in [0.15, 0.2) is 11.5 Å². The molecular formula is C20H19FN2O4. The van der Waals surface area contributed by atoms with Crippen LogP contribution in [0.5, 0.6) is 11.5 Å². The number of likely N-dealkylation sites (N-methyl/N-ethyl adjacent to an activating group) is 1. The first kappa shape index (κ1) is 17.3. The van der Waals surface area contributed by atoms with Crippen molar-refractivity contribution in [2.45, 2.75) is 25.0 Å². The second kappa shape index (κ2) is 5.45. The summed E-state index contributed by atoms with van der Waals surface area (Å²) in [6.07, 6.45) is 3.61. The van der Waals surface area contributed by atoms with Crippen molar-refractivity contribution in [2.24, 2.45) is 0 Å². The summed E-state index contributed by atoms with van der Waals surface area (Å²) in [5, 5.41) is 11.2. The highest BCUT2D eigenvalue weighted by atomic mass is 19.1. The van der Waals surface area contributed by atoms with Gasteiger partial charge in [0.1, 0.15) is 5.82 Å². The number of fused-ring (bicyclic) bond motifs is 2. The van der Waals surface area contributed by atoms with Crippen LogP contribution in [0.15, 0.2) is 36.4 Å². The predicted octanol–water partition coefficient (Wildman–Crippen LogP) is 4.27. The summed E-state index contributed by atoms with van der Waals surface area (Å²) in [7, 11) is 3.28. The van der Waals surface area contributed by atoms with Crippen LogP contribution >= 0.6 is 0 Å². The number of ether oxygens (including phenoxy) is 2. The van der Waals surface area contributed by atoms with E-state index in [2.05, 4.69) is 0 Å². The zero-order valence-electron chi connectivity index (χ0n) is 15.4. The molecule has 1 atom stereocenters. The van der Waals surface area contributed by atoms with Gasteiger partial charge in [0, 0.05) is 29.9 Å². The molecule has 0 N–H and O–H groups in total. The number of non-ortho nitro benzene ring substituents is 1. The fourth-order valence-electron chi connectivity index (χ4n) is 4.20. The number of hydrogen-bond acceptors (Lipinski definition) is 5. The van der Waals surface area contributed by atoms with Crippen molar-refractivity contribution < 1.29 is 18.8 Å². The van der Waals surface area contributed by atoms with Crippen molar-refractivity contribution in [1.82, 2.24) is 0 Å². The monoisotopic (exact) mass is 370 g/mol. The van der Waals surface area contributed by atoms with Crippen LogP contribution < -0.4 is 14.4 Å². The summed E-state index contributed by atoms with van der Waals surface area (Å²) >= 11 is 0. The summed E-state index contributed by atoms with van der Waals surface area (Å²) in [4.78, 5) is 12.6. The fraction of sp³-hybridized carbons (Fsp3) is 0.300. The molecule has 2 aliphatic rings. The third-order valence-electron chi connectivity index (χ3n) is 5.62. The summed E-state index contributed by atoms with van der Waals surface area (Å²) in [6.45, 7) is 3.84. The lowest BCUT2D eigenvalue weighted by Crippen LogP contribution is -2.58. The van der Waals surface area contributed by atoms with E-state index in [9.17, 15) is 14.5 Å². The minimum Gasteiger partial charge on any atom is -0.493 e. The van der Waals surface area contributed by atoms with E-state index < -0.39 is 16.1 Å². The molecule has 2 aliphatic heterocycles. The molecule has 0 aliphatic carbocycles. The Morgan fingerprint density at radius 2 is 2.04 bits per heavy atom. The average Bonchev–Trinajstić information content (AvgIpc) is 2.80. The second-order valence-corrected chi connectivity index (χ2v) is 7.27. The van der Waals surface area contributed by atoms with Crippen LogP contribution in [-0.2, 0) is 5.41 Å². The van der Waals surface area contributed by atoms with Crippen molar-refractivity contribution in [3.8, 4) is 11.5 Å². The number of benzene rings is 2. The maximum atomic E-state index is 14.7. The molecule has 2 aromatic rings. The summed E-state index contributed by atoms with van der Waals surface area (Å²) in [6, 6.07) is 7.75. The van der Waals surface area contributed by atoms with Crippen molar-refractivity contribution >= 4 is 17.5 Å². The van der Waals surface area contributed by atoms with E-state index in [1.165, 1.54) is 25.3 Å². The highest BCUT2D eigenvalue weighted by Gasteiger charge is 2.59. The van der Waals surface area contributed by atoms with Crippen LogP contribution in [0.2, 0.25) is 0 Å². The van der Waals surface area contributed by atoms with Gasteiger partial charge in [-0.1, -0.05) is 6.07 Å². The Bertz CT molecular complexity index is 1000. The van der Waals surface area contributed by atoms with Gasteiger partial charge in [0.05, 0.1) is 23.5 Å². The number of rotatable bonds is 2. The molecule has 7 heteroatoms. The Balaban J connectivity index is 1.91. The minimum atomic E-state index is -0.992. The third kappa shape index (κ3) is 2.11. The van der Waals surface area contributed by atoms with Gasteiger partial charge in [0.25, 0.3) is 5.69 Å². The predicted molar refractivity (Wildman–Crippen MR) is 99.9 cm³/mol. The van der Waals surface area contributed by atoms with Gasteiger partial charge >= 0.3 is 0 Å². The Hall–Kier alpha value is -3.09. The number of anilines is 1. The number of nitrogens with zero attached hydrogens (tertiary/aromatic N) is 2. The van der Waals surface area contributed by atoms with Crippen molar-refractivity contribution in [3.05, 3.63) is 63.5 Å². The molecule has 1 unspecified atom stereocenters. The summed E-state index contributed by atoms with van der Waals surface area (Å²) in [5.41, 5.74) is 0.0723. The van der Waals surface area contributed by atoms with Crippen LogP contribution in [-0.4, -0.2) is 24.8 Å². The first-order valence-electron chi connectivity index (χ1n) is 8.50. The van der Waals surface area contributed by atoms with Crippen molar-refractivity contribution in [3.63, 3.8) is 0 Å². The third-order valence-corrected chi connectivity index (χ3v) is 5.62. The van der Waals surface area contributed by atoms with E-state index >= 15 is 0 Å². The second-order valence-electron chi connectivity index (χ2n) is 7.27. The van der Waals surface area contributed by atoms with Crippen LogP contribution in [0.3, 0.4) is 0 Å². The smallest absolute Gasteiger partial charge is 0.274 e. The first-order valence-corrected chi connectivity index (χ1v) is 8.50. The molecule has 0 radical (unpaired) electrons. The zero-order valence-corrected chi connectivity index (χ0v) is 15.4. The quantitative estimate of drug-likeness (QED) is 0.583. The number of hydrogen-bond donors (Lipinski definition) is 0. The maximum Gasteiger partial charge on any atom is 0.274 e. The van der Waals surface area contributed by atoms with Gasteiger partial charge in [-0.3, -0.25) is 10.1 Å².